The average Bonchev–Trinajstić information content (AvgIpc) is 2.41. The van der Waals surface area contributed by atoms with Gasteiger partial charge in [0.1, 0.15) is 0 Å². The van der Waals surface area contributed by atoms with Crippen molar-refractivity contribution < 1.29 is 4.79 Å². The fourth-order valence-electron chi connectivity index (χ4n) is 1.28. The molecule has 0 heterocycles. The van der Waals surface area contributed by atoms with Crippen molar-refractivity contribution in [2.75, 3.05) is 19.6 Å². The van der Waals surface area contributed by atoms with Gasteiger partial charge >= 0.3 is 0 Å². The fraction of sp³-hybridized carbons (Fsp3) is 0.231. The van der Waals surface area contributed by atoms with Crippen molar-refractivity contribution in [3.8, 4) is 0 Å². The Morgan fingerprint density at radius 1 is 1.37 bits per heavy atom. The summed E-state index contributed by atoms with van der Waals surface area (Å²) in [6, 6.07) is 7.15. The molecule has 19 heavy (non-hydrogen) atoms. The van der Waals surface area contributed by atoms with E-state index in [1.807, 2.05) is 12.1 Å². The number of carbonyl (C=O) groups is 1. The number of carbonyl (C=O) groups excluding carboxylic acids is 1. The van der Waals surface area contributed by atoms with E-state index in [2.05, 4.69) is 38.1 Å². The van der Waals surface area contributed by atoms with Crippen LogP contribution in [0.15, 0.2) is 46.4 Å². The second-order valence-electron chi connectivity index (χ2n) is 3.70. The SMILES string of the molecule is C=CCNC(N)=NCCNC(=O)c1ccc(Br)cc1. The Labute approximate surface area is 121 Å². The van der Waals surface area contributed by atoms with Gasteiger partial charge < -0.3 is 16.4 Å². The highest BCUT2D eigenvalue weighted by Crippen LogP contribution is 2.10. The molecule has 0 spiro atoms. The third-order valence-electron chi connectivity index (χ3n) is 2.21. The fourth-order valence-corrected chi connectivity index (χ4v) is 1.55. The third kappa shape index (κ3) is 6.05. The molecule has 1 aromatic rings. The number of guanidine groups is 1. The molecule has 6 heteroatoms. The zero-order chi connectivity index (χ0) is 14.1. The van der Waals surface area contributed by atoms with E-state index in [-0.39, 0.29) is 5.91 Å². The molecular weight excluding hydrogens is 308 g/mol. The van der Waals surface area contributed by atoms with Gasteiger partial charge in [0.2, 0.25) is 0 Å². The molecule has 0 bridgehead atoms. The van der Waals surface area contributed by atoms with Gasteiger partial charge in [0.15, 0.2) is 5.96 Å². The molecule has 0 radical (unpaired) electrons. The van der Waals surface area contributed by atoms with Crippen molar-refractivity contribution in [3.63, 3.8) is 0 Å². The largest absolute Gasteiger partial charge is 0.370 e. The lowest BCUT2D eigenvalue weighted by molar-refractivity contribution is 0.0955. The second-order valence-corrected chi connectivity index (χ2v) is 4.62. The molecule has 0 atom stereocenters. The number of nitrogens with two attached hydrogens (primary N) is 1. The van der Waals surface area contributed by atoms with Crippen molar-refractivity contribution in [2.45, 2.75) is 0 Å². The van der Waals surface area contributed by atoms with E-state index in [9.17, 15) is 4.79 Å². The normalized spacial score (nSPS) is 10.9. The van der Waals surface area contributed by atoms with Crippen LogP contribution in [0, 0.1) is 0 Å². The molecule has 0 saturated carbocycles. The zero-order valence-electron chi connectivity index (χ0n) is 10.5. The molecule has 0 aliphatic heterocycles. The van der Waals surface area contributed by atoms with E-state index < -0.39 is 0 Å². The van der Waals surface area contributed by atoms with Gasteiger partial charge in [0.05, 0.1) is 6.54 Å². The number of halogens is 1. The van der Waals surface area contributed by atoms with Crippen molar-refractivity contribution in [1.29, 1.82) is 0 Å². The van der Waals surface area contributed by atoms with Gasteiger partial charge in [-0.1, -0.05) is 22.0 Å². The van der Waals surface area contributed by atoms with Gasteiger partial charge in [-0.2, -0.15) is 0 Å². The lowest BCUT2D eigenvalue weighted by Crippen LogP contribution is -2.33. The van der Waals surface area contributed by atoms with Gasteiger partial charge in [-0.15, -0.1) is 6.58 Å². The summed E-state index contributed by atoms with van der Waals surface area (Å²) in [6.07, 6.45) is 1.69. The molecule has 0 aliphatic carbocycles. The van der Waals surface area contributed by atoms with Crippen molar-refractivity contribution >= 4 is 27.8 Å². The quantitative estimate of drug-likeness (QED) is 0.319. The number of aliphatic imine (C=N–C) groups is 1. The van der Waals surface area contributed by atoms with Crippen LogP contribution < -0.4 is 16.4 Å². The van der Waals surface area contributed by atoms with Crippen LogP contribution in [0.2, 0.25) is 0 Å². The minimum atomic E-state index is -0.125. The lowest BCUT2D eigenvalue weighted by Gasteiger charge is -2.05. The molecule has 0 fully saturated rings. The first kappa shape index (κ1) is 15.2. The molecule has 4 N–H and O–H groups in total. The van der Waals surface area contributed by atoms with Crippen molar-refractivity contribution in [2.24, 2.45) is 10.7 Å². The molecule has 1 aromatic carbocycles. The average molecular weight is 325 g/mol. The number of hydrogen-bond donors (Lipinski definition) is 3. The maximum Gasteiger partial charge on any atom is 0.251 e. The van der Waals surface area contributed by atoms with Gasteiger partial charge in [-0.05, 0) is 24.3 Å². The summed E-state index contributed by atoms with van der Waals surface area (Å²) >= 11 is 3.32. The Morgan fingerprint density at radius 3 is 2.68 bits per heavy atom. The van der Waals surface area contributed by atoms with Crippen LogP contribution in [-0.2, 0) is 0 Å². The molecule has 0 aliphatic rings. The highest BCUT2D eigenvalue weighted by molar-refractivity contribution is 9.10. The van der Waals surface area contributed by atoms with Crippen LogP contribution in [-0.4, -0.2) is 31.5 Å². The number of nitrogens with one attached hydrogen (secondary N) is 2. The monoisotopic (exact) mass is 324 g/mol. The summed E-state index contributed by atoms with van der Waals surface area (Å²) < 4.78 is 0.940. The Kier molecular flexibility index (Phi) is 6.67. The van der Waals surface area contributed by atoms with Crippen LogP contribution in [0.1, 0.15) is 10.4 Å². The smallest absolute Gasteiger partial charge is 0.251 e. The van der Waals surface area contributed by atoms with Crippen LogP contribution in [0.4, 0.5) is 0 Å². The van der Waals surface area contributed by atoms with Crippen molar-refractivity contribution in [3.05, 3.63) is 47.0 Å². The summed E-state index contributed by atoms with van der Waals surface area (Å²) in [5.74, 6) is 0.220. The second kappa shape index (κ2) is 8.31. The van der Waals surface area contributed by atoms with Crippen LogP contribution in [0.25, 0.3) is 0 Å². The minimum Gasteiger partial charge on any atom is -0.370 e. The topological polar surface area (TPSA) is 79.5 Å². The van der Waals surface area contributed by atoms with Gasteiger partial charge in [0, 0.05) is 23.1 Å². The maximum atomic E-state index is 11.7. The van der Waals surface area contributed by atoms with E-state index in [4.69, 9.17) is 5.73 Å². The van der Waals surface area contributed by atoms with E-state index in [0.717, 1.165) is 4.47 Å². The molecule has 1 rings (SSSR count). The number of amides is 1. The van der Waals surface area contributed by atoms with Crippen LogP contribution in [0.3, 0.4) is 0 Å². The zero-order valence-corrected chi connectivity index (χ0v) is 12.1. The highest BCUT2D eigenvalue weighted by atomic mass is 79.9. The highest BCUT2D eigenvalue weighted by Gasteiger charge is 2.03. The summed E-state index contributed by atoms with van der Waals surface area (Å²) in [6.45, 7) is 4.99. The Bertz CT molecular complexity index is 456. The molecule has 1 amide bonds. The van der Waals surface area contributed by atoms with Crippen LogP contribution in [0.5, 0.6) is 0 Å². The van der Waals surface area contributed by atoms with Gasteiger partial charge in [-0.25, -0.2) is 0 Å². The first-order valence-corrected chi connectivity index (χ1v) is 6.61. The maximum absolute atomic E-state index is 11.7. The summed E-state index contributed by atoms with van der Waals surface area (Å²) in [4.78, 5) is 15.8. The van der Waals surface area contributed by atoms with Gasteiger partial charge in [-0.3, -0.25) is 9.79 Å². The Balaban J connectivity index is 2.31. The first-order chi connectivity index (χ1) is 9.13. The third-order valence-corrected chi connectivity index (χ3v) is 2.74. The minimum absolute atomic E-state index is 0.125. The molecule has 102 valence electrons. The number of benzene rings is 1. The van der Waals surface area contributed by atoms with Crippen LogP contribution >= 0.6 is 15.9 Å². The molecule has 0 aromatic heterocycles. The molecule has 0 saturated heterocycles. The Hall–Kier alpha value is -1.82. The number of rotatable bonds is 6. The molecule has 0 unspecified atom stereocenters. The summed E-state index contributed by atoms with van der Waals surface area (Å²) in [5.41, 5.74) is 6.19. The standard InChI is InChI=1S/C13H17BrN4O/c1-2-7-17-13(15)18-9-8-16-12(19)10-3-5-11(14)6-4-10/h2-6H,1,7-9H2,(H,16,19)(H3,15,17,18). The predicted octanol–water partition coefficient (Wildman–Crippen LogP) is 1.27. The van der Waals surface area contributed by atoms with Crippen molar-refractivity contribution in [1.82, 2.24) is 10.6 Å². The predicted molar refractivity (Wildman–Crippen MR) is 81.2 cm³/mol. The molecular formula is C13H17BrN4O. The van der Waals surface area contributed by atoms with E-state index in [0.29, 0.717) is 31.2 Å². The van der Waals surface area contributed by atoms with E-state index in [1.54, 1.807) is 18.2 Å². The van der Waals surface area contributed by atoms with E-state index >= 15 is 0 Å². The van der Waals surface area contributed by atoms with E-state index in [1.165, 1.54) is 0 Å². The summed E-state index contributed by atoms with van der Waals surface area (Å²) in [5, 5.41) is 5.62. The lowest BCUT2D eigenvalue weighted by atomic mass is 10.2. The number of nitrogens with zero attached hydrogens (tertiary/aromatic N) is 1. The molecule has 5 nitrogen and oxygen atoms in total. The summed E-state index contributed by atoms with van der Waals surface area (Å²) in [7, 11) is 0. The van der Waals surface area contributed by atoms with Gasteiger partial charge in [0.25, 0.3) is 5.91 Å². The Morgan fingerprint density at radius 2 is 2.05 bits per heavy atom. The first-order valence-electron chi connectivity index (χ1n) is 5.82. The number of hydrogen-bond acceptors (Lipinski definition) is 2.